The lowest BCUT2D eigenvalue weighted by Gasteiger charge is -2.30. The molecule has 2 aromatic carbocycles. The SMILES string of the molecule is COc1ccc2cc1Oc1cccc(OC)c1CNC(=O)[C@@H](C(C)C)NC(=O)CN(C(=O)[C@@H]1CCCCN1)CCCCNC2=O.Cl. The van der Waals surface area contributed by atoms with E-state index in [2.05, 4.69) is 21.3 Å². The first kappa shape index (κ1) is 36.4. The zero-order valence-corrected chi connectivity index (χ0v) is 27.8. The molecule has 0 aliphatic carbocycles. The smallest absolute Gasteiger partial charge is 0.251 e. The van der Waals surface area contributed by atoms with Gasteiger partial charge < -0.3 is 40.4 Å². The third kappa shape index (κ3) is 9.49. The number of nitrogens with zero attached hydrogens (tertiary/aromatic N) is 1. The van der Waals surface area contributed by atoms with Gasteiger partial charge in [0.15, 0.2) is 11.5 Å². The summed E-state index contributed by atoms with van der Waals surface area (Å²) in [5, 5.41) is 12.0. The van der Waals surface area contributed by atoms with Crippen molar-refractivity contribution in [3.05, 3.63) is 47.5 Å². The van der Waals surface area contributed by atoms with Gasteiger partial charge in [-0.2, -0.15) is 0 Å². The number of hydrogen-bond donors (Lipinski definition) is 4. The minimum Gasteiger partial charge on any atom is -0.496 e. The standard InChI is InChI=1S/C33H45N5O7.ClH/c1-21(2)30-32(41)36-19-23-25(43-3)11-9-12-26(23)45-28-18-22(13-14-27(28)44-4)31(40)35-16-7-8-17-38(20-29(39)37-30)33(42)24-10-5-6-15-34-24;/h9,11-14,18,21,24,30,34H,5-8,10,15-17,19-20H2,1-4H3,(H,35,40)(H,36,41)(H,37,39);1H/t24-,30+;/m0./s1. The summed E-state index contributed by atoms with van der Waals surface area (Å²) in [5.41, 5.74) is 0.944. The average molecular weight is 660 g/mol. The van der Waals surface area contributed by atoms with E-state index < -0.39 is 11.9 Å². The Balaban J connectivity index is 0.00000576. The quantitative estimate of drug-likeness (QED) is 0.392. The van der Waals surface area contributed by atoms with Crippen molar-refractivity contribution in [3.8, 4) is 23.0 Å². The normalized spacial score (nSPS) is 20.1. The first-order valence-electron chi connectivity index (χ1n) is 15.6. The monoisotopic (exact) mass is 659 g/mol. The molecule has 252 valence electrons. The van der Waals surface area contributed by atoms with Crippen LogP contribution in [0.1, 0.15) is 61.9 Å². The second-order valence-electron chi connectivity index (χ2n) is 11.6. The van der Waals surface area contributed by atoms with E-state index in [1.54, 1.807) is 41.3 Å². The van der Waals surface area contributed by atoms with Gasteiger partial charge in [0, 0.05) is 18.7 Å². The van der Waals surface area contributed by atoms with Crippen LogP contribution in [0, 0.1) is 5.92 Å². The van der Waals surface area contributed by atoms with Crippen LogP contribution in [-0.4, -0.2) is 81.0 Å². The Labute approximate surface area is 276 Å². The Hall–Kier alpha value is -4.03. The third-order valence-corrected chi connectivity index (χ3v) is 8.06. The molecule has 0 radical (unpaired) electrons. The summed E-state index contributed by atoms with van der Waals surface area (Å²) >= 11 is 0. The molecule has 0 spiro atoms. The van der Waals surface area contributed by atoms with Gasteiger partial charge in [-0.15, -0.1) is 12.4 Å². The van der Waals surface area contributed by atoms with E-state index in [9.17, 15) is 19.2 Å². The van der Waals surface area contributed by atoms with Gasteiger partial charge in [-0.05, 0) is 68.5 Å². The molecule has 0 aromatic heterocycles. The van der Waals surface area contributed by atoms with Crippen molar-refractivity contribution in [3.63, 3.8) is 0 Å². The lowest BCUT2D eigenvalue weighted by molar-refractivity contribution is -0.139. The highest BCUT2D eigenvalue weighted by Crippen LogP contribution is 2.37. The van der Waals surface area contributed by atoms with Crippen LogP contribution in [0.5, 0.6) is 23.0 Å². The van der Waals surface area contributed by atoms with E-state index in [-0.39, 0.29) is 55.2 Å². The number of benzene rings is 2. The predicted molar refractivity (Wildman–Crippen MR) is 176 cm³/mol. The molecule has 4 amide bonds. The zero-order chi connectivity index (χ0) is 32.3. The van der Waals surface area contributed by atoms with Gasteiger partial charge in [-0.1, -0.05) is 26.3 Å². The minimum absolute atomic E-state index is 0. The number of ether oxygens (including phenoxy) is 3. The molecule has 1 saturated heterocycles. The predicted octanol–water partition coefficient (Wildman–Crippen LogP) is 3.17. The maximum absolute atomic E-state index is 13.5. The van der Waals surface area contributed by atoms with Gasteiger partial charge in [0.2, 0.25) is 17.7 Å². The fourth-order valence-corrected chi connectivity index (χ4v) is 5.52. The summed E-state index contributed by atoms with van der Waals surface area (Å²) in [4.78, 5) is 54.8. The Morgan fingerprint density at radius 1 is 0.935 bits per heavy atom. The molecule has 4 rings (SSSR count). The van der Waals surface area contributed by atoms with Crippen molar-refractivity contribution in [2.45, 2.75) is 64.6 Å². The Morgan fingerprint density at radius 3 is 2.39 bits per heavy atom. The van der Waals surface area contributed by atoms with Crippen LogP contribution >= 0.6 is 12.4 Å². The number of piperidine rings is 1. The van der Waals surface area contributed by atoms with Crippen LogP contribution in [0.3, 0.4) is 0 Å². The van der Waals surface area contributed by atoms with Crippen LogP contribution in [0.2, 0.25) is 0 Å². The number of halogens is 1. The summed E-state index contributed by atoms with van der Waals surface area (Å²) in [7, 11) is 3.03. The molecular formula is C33H46ClN5O7. The molecule has 2 bridgehead atoms. The second-order valence-corrected chi connectivity index (χ2v) is 11.6. The molecule has 1 fully saturated rings. The maximum Gasteiger partial charge on any atom is 0.251 e. The number of carbonyl (C=O) groups is 4. The molecule has 2 aromatic rings. The van der Waals surface area contributed by atoms with Gasteiger partial charge in [0.05, 0.1) is 38.9 Å². The molecule has 12 nitrogen and oxygen atoms in total. The summed E-state index contributed by atoms with van der Waals surface area (Å²) in [6, 6.07) is 8.99. The van der Waals surface area contributed by atoms with Crippen molar-refractivity contribution in [1.29, 1.82) is 0 Å². The van der Waals surface area contributed by atoms with E-state index in [1.165, 1.54) is 14.2 Å². The van der Waals surface area contributed by atoms with Crippen molar-refractivity contribution in [2.75, 3.05) is 40.4 Å². The number of hydrogen-bond acceptors (Lipinski definition) is 8. The van der Waals surface area contributed by atoms with E-state index in [4.69, 9.17) is 14.2 Å². The number of rotatable bonds is 4. The van der Waals surface area contributed by atoms with Crippen molar-refractivity contribution in [2.24, 2.45) is 5.92 Å². The van der Waals surface area contributed by atoms with Crippen LogP contribution in [-0.2, 0) is 20.9 Å². The number of amides is 4. The molecule has 4 N–H and O–H groups in total. The van der Waals surface area contributed by atoms with Crippen molar-refractivity contribution >= 4 is 36.0 Å². The maximum atomic E-state index is 13.5. The number of fused-ring (bicyclic) bond motifs is 3. The molecule has 2 aliphatic rings. The first-order chi connectivity index (χ1) is 21.7. The highest BCUT2D eigenvalue weighted by atomic mass is 35.5. The fourth-order valence-electron chi connectivity index (χ4n) is 5.52. The van der Waals surface area contributed by atoms with E-state index in [0.717, 1.165) is 19.4 Å². The summed E-state index contributed by atoms with van der Waals surface area (Å²) in [5.74, 6) is 0.193. The largest absolute Gasteiger partial charge is 0.496 e. The Bertz CT molecular complexity index is 1370. The lowest BCUT2D eigenvalue weighted by atomic mass is 10.0. The highest BCUT2D eigenvalue weighted by molar-refractivity contribution is 5.95. The van der Waals surface area contributed by atoms with Gasteiger partial charge in [-0.25, -0.2) is 0 Å². The second kappa shape index (κ2) is 17.6. The molecule has 46 heavy (non-hydrogen) atoms. The van der Waals surface area contributed by atoms with Gasteiger partial charge in [-0.3, -0.25) is 19.2 Å². The summed E-state index contributed by atoms with van der Waals surface area (Å²) < 4.78 is 17.3. The van der Waals surface area contributed by atoms with E-state index in [1.807, 2.05) is 13.8 Å². The van der Waals surface area contributed by atoms with Crippen LogP contribution in [0.4, 0.5) is 0 Å². The van der Waals surface area contributed by atoms with Gasteiger partial charge in [0.25, 0.3) is 5.91 Å². The fraction of sp³-hybridized carbons (Fsp3) is 0.515. The van der Waals surface area contributed by atoms with Crippen molar-refractivity contribution < 1.29 is 33.4 Å². The van der Waals surface area contributed by atoms with Gasteiger partial charge in [0.1, 0.15) is 17.5 Å². The molecule has 0 saturated carbocycles. The molecule has 2 aliphatic heterocycles. The topological polar surface area (TPSA) is 147 Å². The van der Waals surface area contributed by atoms with Crippen LogP contribution < -0.4 is 35.5 Å². The Kier molecular flexibility index (Phi) is 13.9. The molecule has 2 atom stereocenters. The zero-order valence-electron chi connectivity index (χ0n) is 27.0. The Morgan fingerprint density at radius 2 is 1.70 bits per heavy atom. The van der Waals surface area contributed by atoms with Crippen LogP contribution in [0.25, 0.3) is 0 Å². The summed E-state index contributed by atoms with van der Waals surface area (Å²) in [6.45, 7) is 5.05. The average Bonchev–Trinajstić information content (AvgIpc) is 3.05. The highest BCUT2D eigenvalue weighted by Gasteiger charge is 2.30. The van der Waals surface area contributed by atoms with E-state index >= 15 is 0 Å². The van der Waals surface area contributed by atoms with E-state index in [0.29, 0.717) is 66.5 Å². The van der Waals surface area contributed by atoms with Crippen LogP contribution in [0.15, 0.2) is 36.4 Å². The number of carbonyl (C=O) groups excluding carboxylic acids is 4. The molecular weight excluding hydrogens is 614 g/mol. The number of methoxy groups -OCH3 is 2. The molecule has 2 heterocycles. The lowest BCUT2D eigenvalue weighted by Crippen LogP contribution is -2.55. The third-order valence-electron chi connectivity index (χ3n) is 8.06. The minimum atomic E-state index is -0.834. The van der Waals surface area contributed by atoms with Crippen molar-refractivity contribution in [1.82, 2.24) is 26.2 Å². The summed E-state index contributed by atoms with van der Waals surface area (Å²) in [6.07, 6.45) is 3.83. The molecule has 0 unspecified atom stereocenters. The number of nitrogens with one attached hydrogen (secondary N) is 4. The molecule has 13 heteroatoms. The first-order valence-corrected chi connectivity index (χ1v) is 15.6. The van der Waals surface area contributed by atoms with Gasteiger partial charge >= 0.3 is 0 Å².